The Balaban J connectivity index is 4.32. The van der Waals surface area contributed by atoms with Gasteiger partial charge < -0.3 is 15.9 Å². The number of rotatable bonds is 8. The van der Waals surface area contributed by atoms with Crippen LogP contribution in [0.15, 0.2) is 12.7 Å². The highest BCUT2D eigenvalue weighted by atomic mass is 16.4. The van der Waals surface area contributed by atoms with E-state index in [0.717, 1.165) is 0 Å². The summed E-state index contributed by atoms with van der Waals surface area (Å²) in [6, 6.07) is -0.173. The van der Waals surface area contributed by atoms with Crippen LogP contribution in [0.5, 0.6) is 0 Å². The van der Waals surface area contributed by atoms with Crippen molar-refractivity contribution in [2.75, 3.05) is 0 Å². The minimum Gasteiger partial charge on any atom is -0.481 e. The van der Waals surface area contributed by atoms with Crippen LogP contribution in [0.1, 0.15) is 26.2 Å². The summed E-state index contributed by atoms with van der Waals surface area (Å²) in [4.78, 5) is 21.3. The van der Waals surface area contributed by atoms with Crippen molar-refractivity contribution in [1.29, 1.82) is 0 Å². The summed E-state index contributed by atoms with van der Waals surface area (Å²) >= 11 is 0. The first kappa shape index (κ1) is 14.6. The summed E-state index contributed by atoms with van der Waals surface area (Å²) in [6.45, 7) is 5.38. The Morgan fingerprint density at radius 1 is 1.44 bits per heavy atom. The molecule has 16 heavy (non-hydrogen) atoms. The smallest absolute Gasteiger partial charge is 0.307 e. The van der Waals surface area contributed by atoms with Gasteiger partial charge in [-0.1, -0.05) is 13.0 Å². The highest BCUT2D eigenvalue weighted by Gasteiger charge is 2.25. The van der Waals surface area contributed by atoms with Crippen molar-refractivity contribution in [3.8, 4) is 0 Å². The van der Waals surface area contributed by atoms with Gasteiger partial charge in [0.15, 0.2) is 0 Å². The molecule has 0 aromatic rings. The van der Waals surface area contributed by atoms with E-state index in [-0.39, 0.29) is 24.8 Å². The molecular weight excluding hydrogens is 210 g/mol. The third-order valence-corrected chi connectivity index (χ3v) is 2.60. The fraction of sp³-hybridized carbons (Fsp3) is 0.636. The highest BCUT2D eigenvalue weighted by molar-refractivity contribution is 5.77. The van der Waals surface area contributed by atoms with Crippen molar-refractivity contribution in [1.82, 2.24) is 0 Å². The van der Waals surface area contributed by atoms with Crippen molar-refractivity contribution in [3.63, 3.8) is 0 Å². The molecule has 0 radical (unpaired) electrons. The molecule has 5 nitrogen and oxygen atoms in total. The predicted molar refractivity (Wildman–Crippen MR) is 59.9 cm³/mol. The third-order valence-electron chi connectivity index (χ3n) is 2.60. The fourth-order valence-corrected chi connectivity index (χ4v) is 1.53. The zero-order chi connectivity index (χ0) is 12.7. The Morgan fingerprint density at radius 3 is 2.38 bits per heavy atom. The van der Waals surface area contributed by atoms with Gasteiger partial charge in [-0.25, -0.2) is 0 Å². The molecule has 4 N–H and O–H groups in total. The van der Waals surface area contributed by atoms with Gasteiger partial charge >= 0.3 is 11.9 Å². The molecule has 0 saturated carbocycles. The summed E-state index contributed by atoms with van der Waals surface area (Å²) in [5.74, 6) is -3.10. The van der Waals surface area contributed by atoms with Gasteiger partial charge in [0.2, 0.25) is 0 Å². The number of hydrogen-bond acceptors (Lipinski definition) is 3. The maximum Gasteiger partial charge on any atom is 0.307 e. The fourth-order valence-electron chi connectivity index (χ4n) is 1.53. The van der Waals surface area contributed by atoms with Crippen molar-refractivity contribution < 1.29 is 19.8 Å². The molecule has 92 valence electrons. The SMILES string of the molecule is C=CCC(N)[C@H](C)CC(CC(=O)O)C(=O)O. The van der Waals surface area contributed by atoms with Gasteiger partial charge in [-0.05, 0) is 18.8 Å². The van der Waals surface area contributed by atoms with Crippen LogP contribution in [0.25, 0.3) is 0 Å². The van der Waals surface area contributed by atoms with Gasteiger partial charge in [0.05, 0.1) is 12.3 Å². The summed E-state index contributed by atoms with van der Waals surface area (Å²) in [5.41, 5.74) is 5.80. The van der Waals surface area contributed by atoms with Crippen molar-refractivity contribution in [2.45, 2.75) is 32.2 Å². The lowest BCUT2D eigenvalue weighted by Gasteiger charge is -2.21. The Morgan fingerprint density at radius 2 is 2.00 bits per heavy atom. The Hall–Kier alpha value is -1.36. The average molecular weight is 229 g/mol. The summed E-state index contributed by atoms with van der Waals surface area (Å²) in [6.07, 6.45) is 2.19. The number of aliphatic carboxylic acids is 2. The molecule has 0 aromatic carbocycles. The van der Waals surface area contributed by atoms with E-state index in [1.165, 1.54) is 0 Å². The Kier molecular flexibility index (Phi) is 6.41. The van der Waals surface area contributed by atoms with Crippen LogP contribution in [-0.4, -0.2) is 28.2 Å². The molecular formula is C11H19NO4. The number of nitrogens with two attached hydrogens (primary N) is 1. The molecule has 0 aliphatic heterocycles. The molecule has 0 bridgehead atoms. The molecule has 5 heteroatoms. The molecule has 0 rings (SSSR count). The van der Waals surface area contributed by atoms with Gasteiger partial charge in [0, 0.05) is 6.04 Å². The minimum atomic E-state index is -1.10. The largest absolute Gasteiger partial charge is 0.481 e. The standard InChI is InChI=1S/C11H19NO4/c1-3-4-9(12)7(2)5-8(11(15)16)6-10(13)14/h3,7-9H,1,4-6,12H2,2H3,(H,13,14)(H,15,16)/t7-,8?,9?/m1/s1. The molecule has 3 atom stereocenters. The summed E-state index contributed by atoms with van der Waals surface area (Å²) in [5, 5.41) is 17.4. The lowest BCUT2D eigenvalue weighted by molar-refractivity contribution is -0.148. The lowest BCUT2D eigenvalue weighted by atomic mass is 9.87. The molecule has 2 unspecified atom stereocenters. The zero-order valence-corrected chi connectivity index (χ0v) is 9.43. The third kappa shape index (κ3) is 5.50. The van der Waals surface area contributed by atoms with E-state index in [2.05, 4.69) is 6.58 Å². The second-order valence-corrected chi connectivity index (χ2v) is 4.03. The highest BCUT2D eigenvalue weighted by Crippen LogP contribution is 2.19. The monoisotopic (exact) mass is 229 g/mol. The summed E-state index contributed by atoms with van der Waals surface area (Å²) in [7, 11) is 0. The van der Waals surface area contributed by atoms with Crippen LogP contribution in [0.3, 0.4) is 0 Å². The van der Waals surface area contributed by atoms with E-state index < -0.39 is 17.9 Å². The van der Waals surface area contributed by atoms with Crippen LogP contribution in [0, 0.1) is 11.8 Å². The van der Waals surface area contributed by atoms with Crippen LogP contribution in [-0.2, 0) is 9.59 Å². The maximum absolute atomic E-state index is 10.8. The van der Waals surface area contributed by atoms with Crippen molar-refractivity contribution in [3.05, 3.63) is 12.7 Å². The van der Waals surface area contributed by atoms with E-state index in [0.29, 0.717) is 6.42 Å². The molecule has 0 heterocycles. The van der Waals surface area contributed by atoms with Crippen LogP contribution < -0.4 is 5.73 Å². The van der Waals surface area contributed by atoms with E-state index in [1.54, 1.807) is 6.08 Å². The normalized spacial score (nSPS) is 16.1. The molecule has 0 amide bonds. The Bertz CT molecular complexity index is 265. The van der Waals surface area contributed by atoms with Crippen LogP contribution in [0.4, 0.5) is 0 Å². The number of carbonyl (C=O) groups is 2. The van der Waals surface area contributed by atoms with Crippen LogP contribution >= 0.6 is 0 Å². The van der Waals surface area contributed by atoms with E-state index in [1.807, 2.05) is 6.92 Å². The first-order chi connectivity index (χ1) is 7.38. The number of carboxylic acids is 2. The number of hydrogen-bond donors (Lipinski definition) is 3. The summed E-state index contributed by atoms with van der Waals surface area (Å²) < 4.78 is 0. The maximum atomic E-state index is 10.8. The second-order valence-electron chi connectivity index (χ2n) is 4.03. The molecule has 0 saturated heterocycles. The lowest BCUT2D eigenvalue weighted by Crippen LogP contribution is -2.31. The van der Waals surface area contributed by atoms with E-state index in [9.17, 15) is 9.59 Å². The van der Waals surface area contributed by atoms with Crippen molar-refractivity contribution >= 4 is 11.9 Å². The minimum absolute atomic E-state index is 0.0431. The van der Waals surface area contributed by atoms with Gasteiger partial charge in [-0.3, -0.25) is 9.59 Å². The first-order valence-electron chi connectivity index (χ1n) is 5.19. The molecule has 0 fully saturated rings. The number of carboxylic acid groups (broad SMARTS) is 2. The molecule has 0 aromatic heterocycles. The zero-order valence-electron chi connectivity index (χ0n) is 9.43. The molecule has 0 spiro atoms. The molecule has 0 aliphatic carbocycles. The van der Waals surface area contributed by atoms with Gasteiger partial charge in [0.25, 0.3) is 0 Å². The topological polar surface area (TPSA) is 101 Å². The van der Waals surface area contributed by atoms with Crippen molar-refractivity contribution in [2.24, 2.45) is 17.6 Å². The van der Waals surface area contributed by atoms with E-state index >= 15 is 0 Å². The average Bonchev–Trinajstić information content (AvgIpc) is 2.16. The van der Waals surface area contributed by atoms with Gasteiger partial charge in [-0.2, -0.15) is 0 Å². The quantitative estimate of drug-likeness (QED) is 0.541. The second kappa shape index (κ2) is 7.00. The predicted octanol–water partition coefficient (Wildman–Crippen LogP) is 1.09. The van der Waals surface area contributed by atoms with E-state index in [4.69, 9.17) is 15.9 Å². The first-order valence-corrected chi connectivity index (χ1v) is 5.19. The molecule has 0 aliphatic rings. The van der Waals surface area contributed by atoms with Crippen LogP contribution in [0.2, 0.25) is 0 Å². The van der Waals surface area contributed by atoms with Gasteiger partial charge in [0.1, 0.15) is 0 Å². The van der Waals surface area contributed by atoms with Gasteiger partial charge in [-0.15, -0.1) is 6.58 Å². The Labute approximate surface area is 95.0 Å².